The lowest BCUT2D eigenvalue weighted by Gasteiger charge is -2.20. The number of ether oxygens (including phenoxy) is 4. The van der Waals surface area contributed by atoms with E-state index in [1.807, 2.05) is 121 Å². The van der Waals surface area contributed by atoms with Gasteiger partial charge in [0.25, 0.3) is 0 Å². The zero-order chi connectivity index (χ0) is 40.1. The third-order valence-corrected chi connectivity index (χ3v) is 8.75. The van der Waals surface area contributed by atoms with Gasteiger partial charge >= 0.3 is 18.2 Å². The molecule has 0 aliphatic carbocycles. The fraction of sp³-hybridized carbons (Fsp3) is 0.244. The lowest BCUT2D eigenvalue weighted by molar-refractivity contribution is -0.147. The zero-order valence-corrected chi connectivity index (χ0v) is 31.5. The van der Waals surface area contributed by atoms with Gasteiger partial charge in [-0.25, -0.2) is 14.4 Å². The van der Waals surface area contributed by atoms with E-state index in [2.05, 4.69) is 16.0 Å². The number of rotatable bonds is 20. The number of carbonyl (C=O) groups excluding carboxylic acids is 4. The minimum absolute atomic E-state index is 0.0144. The van der Waals surface area contributed by atoms with Crippen molar-refractivity contribution in [2.45, 2.75) is 64.2 Å². The Morgan fingerprint density at radius 2 is 1.00 bits per heavy atom. The summed E-state index contributed by atoms with van der Waals surface area (Å²) in [7, 11) is 0. The molecular weight excluding hydrogens is 727 g/mol. The van der Waals surface area contributed by atoms with Gasteiger partial charge in [-0.1, -0.05) is 127 Å². The van der Waals surface area contributed by atoms with E-state index in [-0.39, 0.29) is 57.3 Å². The molecule has 0 aliphatic rings. The summed E-state index contributed by atoms with van der Waals surface area (Å²) < 4.78 is 22.1. The lowest BCUT2D eigenvalue weighted by atomic mass is 10.0. The van der Waals surface area contributed by atoms with Gasteiger partial charge < -0.3 is 40.0 Å². The molecule has 12 heteroatoms. The summed E-state index contributed by atoms with van der Waals surface area (Å²) in [6.07, 6.45) is -0.376. The van der Waals surface area contributed by atoms with Gasteiger partial charge in [-0.05, 0) is 59.2 Å². The van der Waals surface area contributed by atoms with Crippen molar-refractivity contribution in [2.24, 2.45) is 0 Å². The topological polar surface area (TPSA) is 162 Å². The fourth-order valence-corrected chi connectivity index (χ4v) is 5.68. The van der Waals surface area contributed by atoms with Gasteiger partial charge in [0.1, 0.15) is 38.5 Å². The highest BCUT2D eigenvalue weighted by Gasteiger charge is 2.25. The number of carbonyl (C=O) groups is 4. The Labute approximate surface area is 332 Å². The van der Waals surface area contributed by atoms with Crippen LogP contribution in [0.1, 0.15) is 47.1 Å². The molecule has 57 heavy (non-hydrogen) atoms. The van der Waals surface area contributed by atoms with E-state index < -0.39 is 36.1 Å². The molecule has 0 bridgehead atoms. The molecule has 5 rings (SSSR count). The van der Waals surface area contributed by atoms with Gasteiger partial charge in [-0.15, -0.1) is 0 Å². The Balaban J connectivity index is 1.17. The second-order valence-corrected chi connectivity index (χ2v) is 13.2. The van der Waals surface area contributed by atoms with Crippen molar-refractivity contribution in [3.8, 4) is 11.5 Å². The number of aromatic hydroxyl groups is 1. The molecule has 0 aliphatic heterocycles. The van der Waals surface area contributed by atoms with E-state index in [9.17, 15) is 24.3 Å². The second-order valence-electron chi connectivity index (χ2n) is 13.2. The van der Waals surface area contributed by atoms with Gasteiger partial charge in [0, 0.05) is 13.0 Å². The molecule has 5 aromatic rings. The lowest BCUT2D eigenvalue weighted by Crippen LogP contribution is -2.48. The van der Waals surface area contributed by atoms with Crippen molar-refractivity contribution in [1.29, 1.82) is 0 Å². The van der Waals surface area contributed by atoms with Crippen LogP contribution in [0.25, 0.3) is 0 Å². The summed E-state index contributed by atoms with van der Waals surface area (Å²) in [4.78, 5) is 52.3. The molecule has 0 heterocycles. The monoisotopic (exact) mass is 773 g/mol. The van der Waals surface area contributed by atoms with E-state index in [1.165, 1.54) is 6.07 Å². The third-order valence-electron chi connectivity index (χ3n) is 8.75. The first kappa shape index (κ1) is 41.3. The van der Waals surface area contributed by atoms with Crippen molar-refractivity contribution in [2.75, 3.05) is 6.54 Å². The molecule has 4 N–H and O–H groups in total. The zero-order valence-electron chi connectivity index (χ0n) is 31.5. The predicted molar refractivity (Wildman–Crippen MR) is 213 cm³/mol. The second kappa shape index (κ2) is 22.5. The molecule has 0 radical (unpaired) electrons. The number of amides is 3. The van der Waals surface area contributed by atoms with E-state index in [0.29, 0.717) is 18.4 Å². The fourth-order valence-electron chi connectivity index (χ4n) is 5.68. The van der Waals surface area contributed by atoms with Crippen LogP contribution < -0.4 is 20.7 Å². The maximum Gasteiger partial charge on any atom is 0.408 e. The Morgan fingerprint density at radius 1 is 0.526 bits per heavy atom. The standard InChI is InChI=1S/C45H47N3O9/c49-40-25-24-37(28-41(40)54-29-33-15-5-1-6-16-33)27-39(48-45(53)57-32-36-21-11-4-12-22-36)42(50)46-26-14-13-23-38(43(51)55-30-34-17-7-2-8-18-34)47-44(52)56-31-35-19-9-3-10-20-35/h1-12,15-22,24-25,28,38-39,49H,13-14,23,26-27,29-32H2,(H,46,50)(H,47,52)(H,48,53)/t38-,39-/m0/s1. The quantitative estimate of drug-likeness (QED) is 0.0366. The molecule has 0 unspecified atom stereocenters. The van der Waals surface area contributed by atoms with E-state index in [4.69, 9.17) is 18.9 Å². The normalized spacial score (nSPS) is 11.6. The van der Waals surface area contributed by atoms with Crippen molar-refractivity contribution < 1.29 is 43.2 Å². The number of hydrogen-bond donors (Lipinski definition) is 4. The number of alkyl carbamates (subject to hydrolysis) is 2. The Hall–Kier alpha value is -6.82. The number of nitrogens with one attached hydrogen (secondary N) is 3. The summed E-state index contributed by atoms with van der Waals surface area (Å²) in [5, 5.41) is 18.6. The number of hydrogen-bond acceptors (Lipinski definition) is 9. The number of phenols is 1. The summed E-state index contributed by atoms with van der Waals surface area (Å²) in [5.74, 6) is -0.907. The average Bonchev–Trinajstić information content (AvgIpc) is 3.24. The first-order valence-corrected chi connectivity index (χ1v) is 18.7. The third kappa shape index (κ3) is 14.7. The highest BCUT2D eigenvalue weighted by atomic mass is 16.6. The van der Waals surface area contributed by atoms with Gasteiger partial charge in [0.15, 0.2) is 11.5 Å². The minimum atomic E-state index is -1.04. The van der Waals surface area contributed by atoms with E-state index >= 15 is 0 Å². The van der Waals surface area contributed by atoms with Gasteiger partial charge in [-0.3, -0.25) is 4.79 Å². The molecule has 3 amide bonds. The molecule has 0 spiro atoms. The van der Waals surface area contributed by atoms with Crippen LogP contribution in [0.5, 0.6) is 11.5 Å². The smallest absolute Gasteiger partial charge is 0.408 e. The first-order valence-electron chi connectivity index (χ1n) is 18.7. The van der Waals surface area contributed by atoms with E-state index in [0.717, 1.165) is 22.3 Å². The number of esters is 1. The molecule has 5 aromatic carbocycles. The van der Waals surface area contributed by atoms with Crippen LogP contribution in [0, 0.1) is 0 Å². The van der Waals surface area contributed by atoms with Crippen LogP contribution in [0.15, 0.2) is 140 Å². The van der Waals surface area contributed by atoms with Crippen molar-refractivity contribution in [3.63, 3.8) is 0 Å². The number of benzene rings is 5. The minimum Gasteiger partial charge on any atom is -0.504 e. The maximum atomic E-state index is 13.6. The van der Waals surface area contributed by atoms with Crippen LogP contribution >= 0.6 is 0 Å². The Morgan fingerprint density at radius 3 is 1.53 bits per heavy atom. The van der Waals surface area contributed by atoms with Crippen molar-refractivity contribution in [1.82, 2.24) is 16.0 Å². The Kier molecular flexibility index (Phi) is 16.3. The molecule has 0 fully saturated rings. The van der Waals surface area contributed by atoms with Crippen molar-refractivity contribution in [3.05, 3.63) is 167 Å². The largest absolute Gasteiger partial charge is 0.504 e. The van der Waals surface area contributed by atoms with Crippen molar-refractivity contribution >= 4 is 24.1 Å². The SMILES string of the molecule is O=C(N[C@@H](Cc1ccc(O)c(OCc2ccccc2)c1)C(=O)NCCCC[C@H](NC(=O)OCc1ccccc1)C(=O)OCc1ccccc1)OCc1ccccc1. The molecule has 0 saturated carbocycles. The molecule has 0 aromatic heterocycles. The highest BCUT2D eigenvalue weighted by molar-refractivity contribution is 5.86. The van der Waals surface area contributed by atoms with Gasteiger partial charge in [0.05, 0.1) is 0 Å². The predicted octanol–water partition coefficient (Wildman–Crippen LogP) is 7.13. The molecule has 2 atom stereocenters. The maximum absolute atomic E-state index is 13.6. The van der Waals surface area contributed by atoms with Gasteiger partial charge in [-0.2, -0.15) is 0 Å². The summed E-state index contributed by atoms with van der Waals surface area (Å²) in [6, 6.07) is 39.8. The van der Waals surface area contributed by atoms with Crippen LogP contribution in [-0.4, -0.2) is 47.8 Å². The van der Waals surface area contributed by atoms with E-state index in [1.54, 1.807) is 12.1 Å². The van der Waals surface area contributed by atoms with Crippen LogP contribution in [-0.2, 0) is 56.6 Å². The summed E-state index contributed by atoms with van der Waals surface area (Å²) in [5.41, 5.74) is 3.92. The number of phenolic OH excluding ortho intramolecular Hbond substituents is 1. The molecular formula is C45H47N3O9. The van der Waals surface area contributed by atoms with Crippen LogP contribution in [0.2, 0.25) is 0 Å². The molecule has 12 nitrogen and oxygen atoms in total. The van der Waals surface area contributed by atoms with Crippen LogP contribution in [0.3, 0.4) is 0 Å². The summed E-state index contributed by atoms with van der Waals surface area (Å²) in [6.45, 7) is 0.520. The average molecular weight is 774 g/mol. The highest BCUT2D eigenvalue weighted by Crippen LogP contribution is 2.28. The Bertz CT molecular complexity index is 2000. The summed E-state index contributed by atoms with van der Waals surface area (Å²) >= 11 is 0. The molecule has 0 saturated heterocycles. The number of unbranched alkanes of at least 4 members (excludes halogenated alkanes) is 1. The first-order chi connectivity index (χ1) is 27.8. The van der Waals surface area contributed by atoms with Gasteiger partial charge in [0.2, 0.25) is 5.91 Å². The molecule has 296 valence electrons. The van der Waals surface area contributed by atoms with Crippen LogP contribution in [0.4, 0.5) is 9.59 Å².